The lowest BCUT2D eigenvalue weighted by Crippen LogP contribution is -2.11. The fourth-order valence-corrected chi connectivity index (χ4v) is 4.06. The number of nitrogens with zero attached hydrogens (tertiary/aromatic N) is 2. The molecule has 0 radical (unpaired) electrons. The summed E-state index contributed by atoms with van der Waals surface area (Å²) in [6.07, 6.45) is 2.40. The van der Waals surface area contributed by atoms with E-state index in [9.17, 15) is 0 Å². The predicted octanol–water partition coefficient (Wildman–Crippen LogP) is 7.35. The zero-order chi connectivity index (χ0) is 21.4. The minimum absolute atomic E-state index is 0.191. The highest BCUT2D eigenvalue weighted by atomic mass is 35.5. The zero-order valence-corrected chi connectivity index (χ0v) is 18.4. The number of aliphatic imine (C=N–C) groups is 1. The first-order valence-electron chi connectivity index (χ1n) is 10.2. The molecule has 2 aromatic heterocycles. The van der Waals surface area contributed by atoms with E-state index in [1.165, 1.54) is 0 Å². The van der Waals surface area contributed by atoms with Gasteiger partial charge in [0.05, 0.1) is 11.1 Å². The molecular formula is C24H25ClFN3O. The van der Waals surface area contributed by atoms with Crippen molar-refractivity contribution in [3.05, 3.63) is 63.6 Å². The van der Waals surface area contributed by atoms with Crippen molar-refractivity contribution < 1.29 is 8.81 Å². The second-order valence-electron chi connectivity index (χ2n) is 7.84. The summed E-state index contributed by atoms with van der Waals surface area (Å²) in [4.78, 5) is 9.21. The number of fused-ring (bicyclic) bond motifs is 1. The normalized spacial score (nSPS) is 16.1. The molecule has 1 aliphatic carbocycles. The quantitative estimate of drug-likeness (QED) is 0.434. The van der Waals surface area contributed by atoms with Crippen molar-refractivity contribution in [3.63, 3.8) is 0 Å². The van der Waals surface area contributed by atoms with Crippen molar-refractivity contribution in [3.8, 4) is 11.3 Å². The molecule has 1 atom stereocenters. The summed E-state index contributed by atoms with van der Waals surface area (Å²) in [7, 11) is 0. The van der Waals surface area contributed by atoms with E-state index in [4.69, 9.17) is 16.0 Å². The number of pyridine rings is 1. The molecule has 0 fully saturated rings. The third-order valence-electron chi connectivity index (χ3n) is 5.55. The number of benzene rings is 1. The van der Waals surface area contributed by atoms with Gasteiger partial charge in [0.15, 0.2) is 5.82 Å². The molecule has 1 aliphatic rings. The topological polar surface area (TPSA) is 50.4 Å². The minimum atomic E-state index is -0.241. The van der Waals surface area contributed by atoms with Gasteiger partial charge in [0.1, 0.15) is 23.2 Å². The molecule has 1 aromatic carbocycles. The minimum Gasteiger partial charge on any atom is -0.461 e. The van der Waals surface area contributed by atoms with Crippen LogP contribution in [-0.4, -0.2) is 10.7 Å². The van der Waals surface area contributed by atoms with Crippen molar-refractivity contribution in [2.45, 2.75) is 53.0 Å². The lowest BCUT2D eigenvalue weighted by Gasteiger charge is -2.18. The van der Waals surface area contributed by atoms with Crippen molar-refractivity contribution >= 4 is 28.9 Å². The van der Waals surface area contributed by atoms with Crippen LogP contribution in [0.15, 0.2) is 39.7 Å². The zero-order valence-electron chi connectivity index (χ0n) is 17.6. The lowest BCUT2D eigenvalue weighted by molar-refractivity contribution is 0.546. The Morgan fingerprint density at radius 1 is 1.30 bits per heavy atom. The summed E-state index contributed by atoms with van der Waals surface area (Å²) in [5, 5.41) is 3.86. The van der Waals surface area contributed by atoms with E-state index in [0.717, 1.165) is 47.4 Å². The molecule has 0 amide bonds. The lowest BCUT2D eigenvalue weighted by atomic mass is 10.0. The summed E-state index contributed by atoms with van der Waals surface area (Å²) in [6, 6.07) is 8.98. The van der Waals surface area contributed by atoms with Crippen LogP contribution >= 0.6 is 11.6 Å². The number of hydrogen-bond donors (Lipinski definition) is 1. The average molecular weight is 426 g/mol. The molecular weight excluding hydrogens is 401 g/mol. The maximum Gasteiger partial charge on any atom is 0.157 e. The van der Waals surface area contributed by atoms with Crippen molar-refractivity contribution in [1.29, 1.82) is 0 Å². The highest BCUT2D eigenvalue weighted by molar-refractivity contribution is 6.33. The summed E-state index contributed by atoms with van der Waals surface area (Å²) in [5.74, 6) is 2.43. The Hall–Kier alpha value is -2.66. The van der Waals surface area contributed by atoms with Gasteiger partial charge < -0.3 is 9.73 Å². The van der Waals surface area contributed by atoms with Gasteiger partial charge in [-0.3, -0.25) is 0 Å². The molecule has 0 spiro atoms. The monoisotopic (exact) mass is 425 g/mol. The van der Waals surface area contributed by atoms with Crippen LogP contribution in [0.1, 0.15) is 55.2 Å². The van der Waals surface area contributed by atoms with Gasteiger partial charge in [-0.15, -0.1) is 0 Å². The van der Waals surface area contributed by atoms with Crippen molar-refractivity contribution in [2.24, 2.45) is 4.99 Å². The molecule has 0 aliphatic heterocycles. The smallest absolute Gasteiger partial charge is 0.157 e. The Morgan fingerprint density at radius 2 is 2.10 bits per heavy atom. The highest BCUT2D eigenvalue weighted by Crippen LogP contribution is 2.40. The Labute approximate surface area is 181 Å². The molecule has 156 valence electrons. The second kappa shape index (κ2) is 8.23. The van der Waals surface area contributed by atoms with Crippen LogP contribution in [0, 0.1) is 19.7 Å². The highest BCUT2D eigenvalue weighted by Gasteiger charge is 2.28. The van der Waals surface area contributed by atoms with Crippen LogP contribution in [0.4, 0.5) is 16.0 Å². The van der Waals surface area contributed by atoms with Gasteiger partial charge in [0.25, 0.3) is 0 Å². The van der Waals surface area contributed by atoms with Gasteiger partial charge in [-0.2, -0.15) is 0 Å². The number of hydrogen-bond acceptors (Lipinski definition) is 4. The molecule has 4 rings (SSSR count). The van der Waals surface area contributed by atoms with E-state index in [1.807, 2.05) is 45.0 Å². The van der Waals surface area contributed by atoms with Crippen LogP contribution < -0.4 is 5.32 Å². The predicted molar refractivity (Wildman–Crippen MR) is 121 cm³/mol. The number of rotatable bonds is 5. The number of anilines is 1. The first-order chi connectivity index (χ1) is 14.4. The van der Waals surface area contributed by atoms with Crippen LogP contribution in [0.2, 0.25) is 5.02 Å². The molecule has 1 unspecified atom stereocenters. The molecule has 2 heterocycles. The van der Waals surface area contributed by atoms with E-state index in [-0.39, 0.29) is 11.9 Å². The maximum atomic E-state index is 15.1. The van der Waals surface area contributed by atoms with Gasteiger partial charge in [-0.25, -0.2) is 14.4 Å². The molecule has 0 bridgehead atoms. The summed E-state index contributed by atoms with van der Waals surface area (Å²) in [6.45, 7) is 7.85. The molecule has 0 saturated carbocycles. The van der Waals surface area contributed by atoms with Gasteiger partial charge in [0.2, 0.25) is 0 Å². The first-order valence-corrected chi connectivity index (χ1v) is 10.6. The number of aryl methyl sites for hydroxylation is 3. The van der Waals surface area contributed by atoms with Crippen LogP contribution in [0.5, 0.6) is 0 Å². The van der Waals surface area contributed by atoms with E-state index in [0.29, 0.717) is 28.0 Å². The maximum absolute atomic E-state index is 15.1. The molecule has 0 saturated heterocycles. The Balaban J connectivity index is 1.65. The molecule has 4 nitrogen and oxygen atoms in total. The summed E-state index contributed by atoms with van der Waals surface area (Å²) >= 11 is 6.45. The molecule has 30 heavy (non-hydrogen) atoms. The number of halogens is 2. The van der Waals surface area contributed by atoms with Gasteiger partial charge in [-0.05, 0) is 81.5 Å². The first kappa shape index (κ1) is 20.6. The summed E-state index contributed by atoms with van der Waals surface area (Å²) in [5.41, 5.74) is 4.33. The molecule has 6 heteroatoms. The Bertz CT molecular complexity index is 1140. The third-order valence-corrected chi connectivity index (χ3v) is 5.84. The third kappa shape index (κ3) is 3.99. The SMILES string of the molecule is CCC(C)=Nc1nc(NC2CCc3cc(-c4ccc(C)o4)cc(F)c32)c(Cl)cc1C. The van der Waals surface area contributed by atoms with Crippen LogP contribution in [0.25, 0.3) is 11.3 Å². The Morgan fingerprint density at radius 3 is 2.80 bits per heavy atom. The van der Waals surface area contributed by atoms with Crippen molar-refractivity contribution in [1.82, 2.24) is 4.98 Å². The molecule has 3 aromatic rings. The standard InChI is InChI=1S/C24H25ClFN3O/c1-5-14(3)27-23-13(2)10-18(25)24(29-23)28-20-8-7-16-11-17(12-19(26)22(16)20)21-9-6-15(4)30-21/h6,9-12,20H,5,7-8H2,1-4H3,(H,28,29). The van der Waals surface area contributed by atoms with Crippen molar-refractivity contribution in [2.75, 3.05) is 5.32 Å². The fourth-order valence-electron chi connectivity index (χ4n) is 3.80. The van der Waals surface area contributed by atoms with Gasteiger partial charge in [0, 0.05) is 16.8 Å². The van der Waals surface area contributed by atoms with Crippen LogP contribution in [0.3, 0.4) is 0 Å². The van der Waals surface area contributed by atoms with Gasteiger partial charge >= 0.3 is 0 Å². The average Bonchev–Trinajstić information content (AvgIpc) is 3.32. The summed E-state index contributed by atoms with van der Waals surface area (Å²) < 4.78 is 20.8. The number of furan rings is 1. The molecule has 1 N–H and O–H groups in total. The Kier molecular flexibility index (Phi) is 5.65. The van der Waals surface area contributed by atoms with Crippen LogP contribution in [-0.2, 0) is 6.42 Å². The largest absolute Gasteiger partial charge is 0.461 e. The number of aromatic nitrogens is 1. The fraction of sp³-hybridized carbons (Fsp3) is 0.333. The van der Waals surface area contributed by atoms with E-state index in [2.05, 4.69) is 22.2 Å². The van der Waals surface area contributed by atoms with E-state index < -0.39 is 0 Å². The van der Waals surface area contributed by atoms with Gasteiger partial charge in [-0.1, -0.05) is 18.5 Å². The van der Waals surface area contributed by atoms with E-state index >= 15 is 4.39 Å². The van der Waals surface area contributed by atoms with E-state index in [1.54, 1.807) is 6.07 Å². The second-order valence-corrected chi connectivity index (χ2v) is 8.24. The number of nitrogens with one attached hydrogen (secondary N) is 1.